The minimum atomic E-state index is -0.433. The summed E-state index contributed by atoms with van der Waals surface area (Å²) in [6.07, 6.45) is 1.89. The number of fused-ring (bicyclic) bond motifs is 1. The second-order valence-electron chi connectivity index (χ2n) is 7.87. The molecule has 0 bridgehead atoms. The Morgan fingerprint density at radius 1 is 1.10 bits per heavy atom. The summed E-state index contributed by atoms with van der Waals surface area (Å²) in [6.45, 7) is 3.68. The fraction of sp³-hybridized carbons (Fsp3) is 0.409. The molecule has 1 saturated carbocycles. The number of benzene rings is 1. The van der Waals surface area contributed by atoms with E-state index in [0.29, 0.717) is 31.9 Å². The van der Waals surface area contributed by atoms with E-state index in [2.05, 4.69) is 5.32 Å². The number of nitrogens with zero attached hydrogens (tertiary/aromatic N) is 2. The number of aryl methyl sites for hydroxylation is 1. The van der Waals surface area contributed by atoms with Gasteiger partial charge < -0.3 is 19.5 Å². The van der Waals surface area contributed by atoms with E-state index in [1.165, 1.54) is 10.6 Å². The summed E-state index contributed by atoms with van der Waals surface area (Å²) < 4.78 is 6.93. The zero-order valence-electron chi connectivity index (χ0n) is 16.7. The Morgan fingerprint density at radius 2 is 1.83 bits per heavy atom. The highest BCUT2D eigenvalue weighted by Crippen LogP contribution is 2.40. The lowest BCUT2D eigenvalue weighted by molar-refractivity contribution is 0.0311. The van der Waals surface area contributed by atoms with Crippen LogP contribution in [0.3, 0.4) is 0 Å². The minimum absolute atomic E-state index is 0.0534. The maximum Gasteiger partial charge on any atom is 0.270 e. The number of pyridine rings is 1. The van der Waals surface area contributed by atoms with Crippen LogP contribution < -0.4 is 10.9 Å². The first-order valence-electron chi connectivity index (χ1n) is 9.84. The van der Waals surface area contributed by atoms with Crippen molar-refractivity contribution in [2.75, 3.05) is 20.2 Å². The van der Waals surface area contributed by atoms with Gasteiger partial charge in [-0.05, 0) is 37.5 Å². The molecule has 152 valence electrons. The van der Waals surface area contributed by atoms with Crippen LogP contribution in [-0.4, -0.2) is 47.1 Å². The number of nitrogens with one attached hydrogen (secondary N) is 1. The SMILES string of the molecule is COC1(CN2CCn3c(ccc(C(=O)NCc4ccc(C)cc4)c3=O)C2=O)CC1. The van der Waals surface area contributed by atoms with Gasteiger partial charge in [0.25, 0.3) is 17.4 Å². The number of aromatic nitrogens is 1. The molecule has 2 heterocycles. The van der Waals surface area contributed by atoms with Gasteiger partial charge in [-0.25, -0.2) is 0 Å². The summed E-state index contributed by atoms with van der Waals surface area (Å²) >= 11 is 0. The van der Waals surface area contributed by atoms with Gasteiger partial charge in [-0.2, -0.15) is 0 Å². The standard InChI is InChI=1S/C22H25N3O4/c1-15-3-5-16(6-4-15)13-23-19(26)17-7-8-18-21(28)24(11-12-25(18)20(17)27)14-22(29-2)9-10-22/h3-8H,9-14H2,1-2H3,(H,23,26). The van der Waals surface area contributed by atoms with Crippen LogP contribution in [-0.2, 0) is 17.8 Å². The van der Waals surface area contributed by atoms with Crippen molar-refractivity contribution in [2.24, 2.45) is 0 Å². The van der Waals surface area contributed by atoms with Gasteiger partial charge in [-0.3, -0.25) is 14.4 Å². The molecule has 1 fully saturated rings. The molecule has 0 atom stereocenters. The summed E-state index contributed by atoms with van der Waals surface area (Å²) in [5.41, 5.74) is 1.82. The average Bonchev–Trinajstić information content (AvgIpc) is 3.50. The molecule has 29 heavy (non-hydrogen) atoms. The molecule has 1 N–H and O–H groups in total. The molecular weight excluding hydrogens is 370 g/mol. The van der Waals surface area contributed by atoms with Crippen molar-refractivity contribution in [2.45, 2.75) is 38.5 Å². The van der Waals surface area contributed by atoms with Crippen molar-refractivity contribution in [1.29, 1.82) is 0 Å². The average molecular weight is 395 g/mol. The summed E-state index contributed by atoms with van der Waals surface area (Å²) in [6, 6.07) is 10.8. The van der Waals surface area contributed by atoms with E-state index in [1.807, 2.05) is 31.2 Å². The largest absolute Gasteiger partial charge is 0.376 e. The molecule has 2 amide bonds. The number of ether oxygens (including phenoxy) is 1. The molecular formula is C22H25N3O4. The highest BCUT2D eigenvalue weighted by molar-refractivity contribution is 5.96. The number of hydrogen-bond donors (Lipinski definition) is 1. The Morgan fingerprint density at radius 3 is 2.48 bits per heavy atom. The van der Waals surface area contributed by atoms with E-state index in [4.69, 9.17) is 4.74 Å². The van der Waals surface area contributed by atoms with Gasteiger partial charge in [0.15, 0.2) is 0 Å². The van der Waals surface area contributed by atoms with Crippen LogP contribution in [0.25, 0.3) is 0 Å². The third-order valence-electron chi connectivity index (χ3n) is 5.81. The minimum Gasteiger partial charge on any atom is -0.376 e. The van der Waals surface area contributed by atoms with Gasteiger partial charge >= 0.3 is 0 Å². The third-order valence-corrected chi connectivity index (χ3v) is 5.81. The van der Waals surface area contributed by atoms with Crippen molar-refractivity contribution in [3.63, 3.8) is 0 Å². The van der Waals surface area contributed by atoms with Gasteiger partial charge in [-0.15, -0.1) is 0 Å². The molecule has 1 aliphatic carbocycles. The first-order valence-corrected chi connectivity index (χ1v) is 9.84. The first kappa shape index (κ1) is 19.4. The number of hydrogen-bond acceptors (Lipinski definition) is 4. The van der Waals surface area contributed by atoms with Crippen LogP contribution in [0.4, 0.5) is 0 Å². The van der Waals surface area contributed by atoms with Crippen LogP contribution in [0.1, 0.15) is 44.8 Å². The second-order valence-corrected chi connectivity index (χ2v) is 7.87. The van der Waals surface area contributed by atoms with Gasteiger partial charge in [0, 0.05) is 26.7 Å². The van der Waals surface area contributed by atoms with Crippen molar-refractivity contribution in [3.05, 3.63) is 69.1 Å². The first-order chi connectivity index (χ1) is 13.9. The molecule has 1 aromatic heterocycles. The normalized spacial score (nSPS) is 17.0. The topological polar surface area (TPSA) is 80.6 Å². The van der Waals surface area contributed by atoms with Gasteiger partial charge in [0.1, 0.15) is 11.3 Å². The molecule has 0 radical (unpaired) electrons. The van der Waals surface area contributed by atoms with Crippen LogP contribution in [0.15, 0.2) is 41.2 Å². The summed E-state index contributed by atoms with van der Waals surface area (Å²) in [4.78, 5) is 39.9. The Bertz CT molecular complexity index is 1010. The molecule has 7 nitrogen and oxygen atoms in total. The molecule has 1 aromatic carbocycles. The highest BCUT2D eigenvalue weighted by atomic mass is 16.5. The monoisotopic (exact) mass is 395 g/mol. The van der Waals surface area contributed by atoms with Gasteiger partial charge in [0.2, 0.25) is 0 Å². The number of amides is 2. The smallest absolute Gasteiger partial charge is 0.270 e. The highest BCUT2D eigenvalue weighted by Gasteiger charge is 2.46. The molecule has 0 saturated heterocycles. The second kappa shape index (κ2) is 7.48. The van der Waals surface area contributed by atoms with E-state index in [-0.39, 0.29) is 17.1 Å². The third kappa shape index (κ3) is 3.82. The fourth-order valence-electron chi connectivity index (χ4n) is 3.69. The molecule has 7 heteroatoms. The van der Waals surface area contributed by atoms with E-state index in [1.54, 1.807) is 18.1 Å². The predicted octanol–water partition coefficient (Wildman–Crippen LogP) is 1.72. The molecule has 2 aliphatic rings. The van der Waals surface area contributed by atoms with Gasteiger partial charge in [0.05, 0.1) is 12.1 Å². The lowest BCUT2D eigenvalue weighted by Gasteiger charge is -2.32. The Labute approximate surface area is 169 Å². The number of methoxy groups -OCH3 is 1. The summed E-state index contributed by atoms with van der Waals surface area (Å²) in [7, 11) is 1.67. The molecule has 1 aliphatic heterocycles. The zero-order valence-corrected chi connectivity index (χ0v) is 16.7. The van der Waals surface area contributed by atoms with Crippen LogP contribution >= 0.6 is 0 Å². The van der Waals surface area contributed by atoms with E-state index in [9.17, 15) is 14.4 Å². The van der Waals surface area contributed by atoms with Crippen LogP contribution in [0, 0.1) is 6.92 Å². The lowest BCUT2D eigenvalue weighted by Crippen LogP contribution is -2.48. The van der Waals surface area contributed by atoms with Crippen LogP contribution in [0.5, 0.6) is 0 Å². The van der Waals surface area contributed by atoms with Gasteiger partial charge in [-0.1, -0.05) is 29.8 Å². The maximum atomic E-state index is 12.8. The van der Waals surface area contributed by atoms with Crippen molar-refractivity contribution >= 4 is 11.8 Å². The van der Waals surface area contributed by atoms with Crippen molar-refractivity contribution < 1.29 is 14.3 Å². The zero-order chi connectivity index (χ0) is 20.6. The number of carbonyl (C=O) groups is 2. The summed E-state index contributed by atoms with van der Waals surface area (Å²) in [5.74, 6) is -0.625. The Balaban J connectivity index is 1.48. The maximum absolute atomic E-state index is 12.8. The molecule has 0 unspecified atom stereocenters. The van der Waals surface area contributed by atoms with E-state index >= 15 is 0 Å². The fourth-order valence-corrected chi connectivity index (χ4v) is 3.69. The molecule has 0 spiro atoms. The van der Waals surface area contributed by atoms with E-state index in [0.717, 1.165) is 24.0 Å². The number of rotatable bonds is 6. The van der Waals surface area contributed by atoms with Crippen LogP contribution in [0.2, 0.25) is 0 Å². The van der Waals surface area contributed by atoms with Crippen molar-refractivity contribution in [1.82, 2.24) is 14.8 Å². The predicted molar refractivity (Wildman–Crippen MR) is 108 cm³/mol. The van der Waals surface area contributed by atoms with Crippen molar-refractivity contribution in [3.8, 4) is 0 Å². The van der Waals surface area contributed by atoms with E-state index < -0.39 is 11.5 Å². The molecule has 2 aromatic rings. The molecule has 4 rings (SSSR count). The quantitative estimate of drug-likeness (QED) is 0.808. The Kier molecular flexibility index (Phi) is 5.00. The summed E-state index contributed by atoms with van der Waals surface area (Å²) in [5, 5.41) is 2.79. The number of carbonyl (C=O) groups excluding carboxylic acids is 2. The Hall–Kier alpha value is -2.93. The lowest BCUT2D eigenvalue weighted by atomic mass is 10.1.